The maximum atomic E-state index is 12.0. The molecular formula is C19H19NO3. The molecule has 3 rings (SSSR count). The van der Waals surface area contributed by atoms with Crippen molar-refractivity contribution in [3.63, 3.8) is 0 Å². The van der Waals surface area contributed by atoms with Gasteiger partial charge in [-0.15, -0.1) is 0 Å². The highest BCUT2D eigenvalue weighted by Gasteiger charge is 2.34. The van der Waals surface area contributed by atoms with E-state index in [1.54, 1.807) is 6.92 Å². The van der Waals surface area contributed by atoms with Crippen molar-refractivity contribution in [1.29, 1.82) is 0 Å². The molecule has 2 aromatic rings. The van der Waals surface area contributed by atoms with Crippen molar-refractivity contribution < 1.29 is 14.3 Å². The molecule has 4 heteroatoms. The van der Waals surface area contributed by atoms with Gasteiger partial charge in [-0.2, -0.15) is 0 Å². The van der Waals surface area contributed by atoms with Gasteiger partial charge in [-0.05, 0) is 23.6 Å². The van der Waals surface area contributed by atoms with Crippen LogP contribution >= 0.6 is 0 Å². The van der Waals surface area contributed by atoms with E-state index >= 15 is 0 Å². The van der Waals surface area contributed by atoms with Crippen molar-refractivity contribution in [3.05, 3.63) is 60.2 Å². The molecule has 118 valence electrons. The van der Waals surface area contributed by atoms with E-state index in [1.165, 1.54) is 0 Å². The molecular weight excluding hydrogens is 290 g/mol. The predicted molar refractivity (Wildman–Crippen MR) is 87.6 cm³/mol. The van der Waals surface area contributed by atoms with Gasteiger partial charge in [0.25, 0.3) is 0 Å². The van der Waals surface area contributed by atoms with Crippen molar-refractivity contribution in [2.75, 3.05) is 6.54 Å². The van der Waals surface area contributed by atoms with Crippen LogP contribution < -0.4 is 5.32 Å². The first-order valence-corrected chi connectivity index (χ1v) is 7.75. The molecule has 23 heavy (non-hydrogen) atoms. The van der Waals surface area contributed by atoms with Gasteiger partial charge >= 0.3 is 5.97 Å². The van der Waals surface area contributed by atoms with E-state index in [-0.39, 0.29) is 30.3 Å². The number of rotatable bonds is 5. The van der Waals surface area contributed by atoms with Gasteiger partial charge in [-0.1, -0.05) is 54.6 Å². The third-order valence-electron chi connectivity index (χ3n) is 4.13. The van der Waals surface area contributed by atoms with Gasteiger partial charge in [0.1, 0.15) is 6.10 Å². The van der Waals surface area contributed by atoms with Crippen molar-refractivity contribution >= 4 is 11.9 Å². The van der Waals surface area contributed by atoms with Crippen LogP contribution in [0, 0.1) is 5.92 Å². The molecule has 1 fully saturated rings. The van der Waals surface area contributed by atoms with Crippen LogP contribution in [0.1, 0.15) is 12.5 Å². The maximum Gasteiger partial charge on any atom is 0.310 e. The highest BCUT2D eigenvalue weighted by Crippen LogP contribution is 2.20. The fraction of sp³-hybridized carbons (Fsp3) is 0.263. The summed E-state index contributed by atoms with van der Waals surface area (Å²) in [5.41, 5.74) is 3.16. The minimum Gasteiger partial charge on any atom is -0.461 e. The zero-order valence-corrected chi connectivity index (χ0v) is 13.0. The van der Waals surface area contributed by atoms with E-state index in [0.717, 1.165) is 16.7 Å². The van der Waals surface area contributed by atoms with Gasteiger partial charge in [-0.3, -0.25) is 9.59 Å². The van der Waals surface area contributed by atoms with Crippen LogP contribution in [0.25, 0.3) is 11.1 Å². The topological polar surface area (TPSA) is 55.4 Å². The Balaban J connectivity index is 1.57. The summed E-state index contributed by atoms with van der Waals surface area (Å²) in [7, 11) is 0. The zero-order chi connectivity index (χ0) is 16.2. The highest BCUT2D eigenvalue weighted by atomic mass is 16.5. The van der Waals surface area contributed by atoms with E-state index in [4.69, 9.17) is 4.74 Å². The van der Waals surface area contributed by atoms with E-state index in [2.05, 4.69) is 17.4 Å². The minimum atomic E-state index is -0.375. The van der Waals surface area contributed by atoms with E-state index in [9.17, 15) is 9.59 Å². The molecule has 0 bridgehead atoms. The van der Waals surface area contributed by atoms with Crippen LogP contribution in [0.5, 0.6) is 0 Å². The molecule has 0 aliphatic carbocycles. The van der Waals surface area contributed by atoms with Crippen LogP contribution in [-0.4, -0.2) is 24.5 Å². The Bertz CT molecular complexity index is 694. The first-order valence-electron chi connectivity index (χ1n) is 7.75. The lowest BCUT2D eigenvalue weighted by Gasteiger charge is -2.30. The molecule has 1 aliphatic heterocycles. The lowest BCUT2D eigenvalue weighted by atomic mass is 9.96. The second-order valence-electron chi connectivity index (χ2n) is 5.79. The number of esters is 1. The monoisotopic (exact) mass is 309 g/mol. The Morgan fingerprint density at radius 3 is 2.35 bits per heavy atom. The molecule has 1 aliphatic rings. The average Bonchev–Trinajstić information content (AvgIpc) is 2.54. The molecule has 0 spiro atoms. The number of hydrogen-bond donors (Lipinski definition) is 1. The van der Waals surface area contributed by atoms with Gasteiger partial charge in [0.2, 0.25) is 5.91 Å². The fourth-order valence-electron chi connectivity index (χ4n) is 2.63. The van der Waals surface area contributed by atoms with Crippen molar-refractivity contribution in [1.82, 2.24) is 5.32 Å². The lowest BCUT2D eigenvalue weighted by Crippen LogP contribution is -2.54. The first kappa shape index (κ1) is 15.3. The molecule has 1 heterocycles. The number of carbonyl (C=O) groups is 2. The van der Waals surface area contributed by atoms with E-state index in [0.29, 0.717) is 6.54 Å². The summed E-state index contributed by atoms with van der Waals surface area (Å²) >= 11 is 0. The zero-order valence-electron chi connectivity index (χ0n) is 13.0. The van der Waals surface area contributed by atoms with Crippen LogP contribution in [-0.2, 0) is 20.7 Å². The third kappa shape index (κ3) is 3.59. The molecule has 0 saturated carbocycles. The molecule has 1 amide bonds. The number of nitrogens with one attached hydrogen (secondary N) is 1. The van der Waals surface area contributed by atoms with Gasteiger partial charge in [0, 0.05) is 6.54 Å². The number of carbonyl (C=O) groups excluding carboxylic acids is 2. The number of β-lactam (4-membered cyclic amide) rings is 1. The van der Waals surface area contributed by atoms with E-state index < -0.39 is 0 Å². The first-order chi connectivity index (χ1) is 11.1. The Morgan fingerprint density at radius 2 is 1.78 bits per heavy atom. The summed E-state index contributed by atoms with van der Waals surface area (Å²) in [6, 6.07) is 18.0. The summed E-state index contributed by atoms with van der Waals surface area (Å²) in [6.07, 6.45) is -0.159. The number of ether oxygens (including phenoxy) is 1. The number of benzene rings is 2. The second-order valence-corrected chi connectivity index (χ2v) is 5.79. The molecule has 1 saturated heterocycles. The summed E-state index contributed by atoms with van der Waals surface area (Å²) < 4.78 is 5.34. The quantitative estimate of drug-likeness (QED) is 0.682. The molecule has 2 aromatic carbocycles. The molecule has 0 unspecified atom stereocenters. The number of amides is 1. The highest BCUT2D eigenvalue weighted by molar-refractivity contribution is 5.85. The van der Waals surface area contributed by atoms with Crippen molar-refractivity contribution in [3.8, 4) is 11.1 Å². The molecule has 2 atom stereocenters. The van der Waals surface area contributed by atoms with Gasteiger partial charge in [0.05, 0.1) is 12.3 Å². The Morgan fingerprint density at radius 1 is 1.13 bits per heavy atom. The van der Waals surface area contributed by atoms with Crippen LogP contribution in [0.3, 0.4) is 0 Å². The minimum absolute atomic E-state index is 0.0440. The summed E-state index contributed by atoms with van der Waals surface area (Å²) in [5, 5.41) is 2.65. The number of hydrogen-bond acceptors (Lipinski definition) is 3. The van der Waals surface area contributed by atoms with Gasteiger partial charge in [-0.25, -0.2) is 0 Å². The summed E-state index contributed by atoms with van der Waals surface area (Å²) in [6.45, 7) is 2.35. The third-order valence-corrected chi connectivity index (χ3v) is 4.13. The Kier molecular flexibility index (Phi) is 4.42. The Hall–Kier alpha value is -2.62. The van der Waals surface area contributed by atoms with Crippen LogP contribution in [0.15, 0.2) is 54.6 Å². The van der Waals surface area contributed by atoms with Gasteiger partial charge < -0.3 is 10.1 Å². The molecule has 1 N–H and O–H groups in total. The normalized spacial score (nSPS) is 17.8. The summed E-state index contributed by atoms with van der Waals surface area (Å²) in [5.74, 6) is -0.554. The average molecular weight is 309 g/mol. The van der Waals surface area contributed by atoms with Crippen LogP contribution in [0.2, 0.25) is 0 Å². The standard InChI is InChI=1S/C19H19NO3/c1-13(17-12-20-19(17)22)23-18(21)11-14-7-9-16(10-8-14)15-5-3-2-4-6-15/h2-10,13,17H,11-12H2,1H3,(H,20,22)/t13-,17+/m1/s1. The molecule has 4 nitrogen and oxygen atoms in total. The van der Waals surface area contributed by atoms with Crippen LogP contribution in [0.4, 0.5) is 0 Å². The molecule has 0 aromatic heterocycles. The summed E-state index contributed by atoms with van der Waals surface area (Å²) in [4.78, 5) is 23.3. The van der Waals surface area contributed by atoms with Gasteiger partial charge in [0.15, 0.2) is 0 Å². The van der Waals surface area contributed by atoms with Crippen molar-refractivity contribution in [2.24, 2.45) is 5.92 Å². The second kappa shape index (κ2) is 6.65. The SMILES string of the molecule is C[C@@H](OC(=O)Cc1ccc(-c2ccccc2)cc1)[C@@H]1CNC1=O. The predicted octanol–water partition coefficient (Wildman–Crippen LogP) is 2.57. The lowest BCUT2D eigenvalue weighted by molar-refractivity contribution is -0.155. The largest absolute Gasteiger partial charge is 0.461 e. The smallest absolute Gasteiger partial charge is 0.310 e. The van der Waals surface area contributed by atoms with Crippen molar-refractivity contribution in [2.45, 2.75) is 19.4 Å². The fourth-order valence-corrected chi connectivity index (χ4v) is 2.63. The molecule has 0 radical (unpaired) electrons. The van der Waals surface area contributed by atoms with E-state index in [1.807, 2.05) is 42.5 Å². The maximum absolute atomic E-state index is 12.0. The Labute approximate surface area is 135 Å².